The molecule has 0 fully saturated rings. The molecule has 0 bridgehead atoms. The Hall–Kier alpha value is -1.35. The molecule has 0 radical (unpaired) electrons. The van der Waals surface area contributed by atoms with Crippen LogP contribution < -0.4 is 5.32 Å². The number of nitrogens with one attached hydrogen (secondary N) is 1. The van der Waals surface area contributed by atoms with Gasteiger partial charge in [-0.3, -0.25) is 4.79 Å². The molecule has 1 unspecified atom stereocenters. The highest BCUT2D eigenvalue weighted by Gasteiger charge is 2.14. The number of carbonyl (C=O) groups is 1. The molecular weight excluding hydrogens is 238 g/mol. The summed E-state index contributed by atoms with van der Waals surface area (Å²) >= 11 is 0. The molecule has 2 N–H and O–H groups in total. The highest BCUT2D eigenvalue weighted by Crippen LogP contribution is 2.13. The lowest BCUT2D eigenvalue weighted by molar-refractivity contribution is -0.137. The van der Waals surface area contributed by atoms with Crippen molar-refractivity contribution in [3.63, 3.8) is 0 Å². The highest BCUT2D eigenvalue weighted by molar-refractivity contribution is 5.67. The minimum atomic E-state index is -0.745. The fourth-order valence-corrected chi connectivity index (χ4v) is 2.04. The molecule has 1 aromatic rings. The van der Waals surface area contributed by atoms with Crippen LogP contribution in [0.2, 0.25) is 0 Å². The molecule has 106 valence electrons. The lowest BCUT2D eigenvalue weighted by Crippen LogP contribution is -2.35. The zero-order valence-corrected chi connectivity index (χ0v) is 12.4. The Kier molecular flexibility index (Phi) is 6.03. The van der Waals surface area contributed by atoms with Crippen molar-refractivity contribution in [1.82, 2.24) is 5.32 Å². The maximum atomic E-state index is 10.9. The number of hydrogen-bond acceptors (Lipinski definition) is 2. The predicted molar refractivity (Wildman–Crippen MR) is 78.5 cm³/mol. The van der Waals surface area contributed by atoms with E-state index in [4.69, 9.17) is 5.11 Å². The zero-order valence-electron chi connectivity index (χ0n) is 12.4. The number of carboxylic acid groups (broad SMARTS) is 1. The second-order valence-electron chi connectivity index (χ2n) is 5.72. The van der Waals surface area contributed by atoms with E-state index in [0.29, 0.717) is 5.92 Å². The largest absolute Gasteiger partial charge is 0.481 e. The Morgan fingerprint density at radius 1 is 1.26 bits per heavy atom. The van der Waals surface area contributed by atoms with Crippen LogP contribution in [-0.2, 0) is 11.2 Å². The van der Waals surface area contributed by atoms with Gasteiger partial charge in [0.05, 0.1) is 6.42 Å². The van der Waals surface area contributed by atoms with Gasteiger partial charge in [-0.25, -0.2) is 0 Å². The van der Waals surface area contributed by atoms with Gasteiger partial charge in [0, 0.05) is 6.04 Å². The number of hydrogen-bond donors (Lipinski definition) is 2. The molecule has 0 aliphatic carbocycles. The first kappa shape index (κ1) is 15.7. The molecule has 0 aliphatic rings. The summed E-state index contributed by atoms with van der Waals surface area (Å²) in [6, 6.07) is 6.35. The van der Waals surface area contributed by atoms with Crippen molar-refractivity contribution in [3.05, 3.63) is 34.9 Å². The van der Waals surface area contributed by atoms with Crippen molar-refractivity contribution < 1.29 is 9.90 Å². The molecule has 3 heteroatoms. The summed E-state index contributed by atoms with van der Waals surface area (Å²) in [4.78, 5) is 10.9. The Morgan fingerprint density at radius 3 is 2.47 bits per heavy atom. The van der Waals surface area contributed by atoms with Crippen LogP contribution in [0.4, 0.5) is 0 Å². The van der Waals surface area contributed by atoms with E-state index in [-0.39, 0.29) is 12.5 Å². The van der Waals surface area contributed by atoms with E-state index in [1.165, 1.54) is 16.7 Å². The Morgan fingerprint density at radius 2 is 1.95 bits per heavy atom. The molecule has 0 amide bonds. The van der Waals surface area contributed by atoms with Crippen LogP contribution in [0.5, 0.6) is 0 Å². The lowest BCUT2D eigenvalue weighted by Gasteiger charge is -2.19. The summed E-state index contributed by atoms with van der Waals surface area (Å²) in [7, 11) is 0. The average Bonchev–Trinajstić information content (AvgIpc) is 2.30. The maximum Gasteiger partial charge on any atom is 0.304 e. The molecule has 0 saturated heterocycles. The normalized spacial score (nSPS) is 12.7. The van der Waals surface area contributed by atoms with Gasteiger partial charge < -0.3 is 10.4 Å². The summed E-state index contributed by atoms with van der Waals surface area (Å²) < 4.78 is 0. The summed E-state index contributed by atoms with van der Waals surface area (Å²) in [5, 5.41) is 12.3. The van der Waals surface area contributed by atoms with Crippen molar-refractivity contribution in [1.29, 1.82) is 0 Å². The third-order valence-corrected chi connectivity index (χ3v) is 3.29. The SMILES string of the molecule is Cc1ccc(CC(CC(=O)O)NCC(C)C)cc1C. The molecule has 1 atom stereocenters. The summed E-state index contributed by atoms with van der Waals surface area (Å²) in [6.07, 6.45) is 0.930. The van der Waals surface area contributed by atoms with E-state index in [9.17, 15) is 4.79 Å². The Labute approximate surface area is 116 Å². The van der Waals surface area contributed by atoms with Crippen LogP contribution in [0.3, 0.4) is 0 Å². The van der Waals surface area contributed by atoms with Crippen molar-refractivity contribution in [2.45, 2.75) is 46.6 Å². The van der Waals surface area contributed by atoms with Crippen LogP contribution in [0.1, 0.15) is 37.0 Å². The number of carboxylic acids is 1. The molecule has 1 aromatic carbocycles. The van der Waals surface area contributed by atoms with Crippen LogP contribution >= 0.6 is 0 Å². The molecule has 19 heavy (non-hydrogen) atoms. The average molecular weight is 263 g/mol. The van der Waals surface area contributed by atoms with Crippen molar-refractivity contribution in [2.24, 2.45) is 5.92 Å². The van der Waals surface area contributed by atoms with Gasteiger partial charge >= 0.3 is 5.97 Å². The van der Waals surface area contributed by atoms with E-state index in [1.54, 1.807) is 0 Å². The first-order valence-corrected chi connectivity index (χ1v) is 6.89. The zero-order chi connectivity index (χ0) is 14.4. The number of rotatable bonds is 7. The number of aryl methyl sites for hydroxylation is 2. The first-order chi connectivity index (χ1) is 8.88. The van der Waals surface area contributed by atoms with Crippen molar-refractivity contribution >= 4 is 5.97 Å². The highest BCUT2D eigenvalue weighted by atomic mass is 16.4. The third kappa shape index (κ3) is 5.88. The molecule has 0 spiro atoms. The number of benzene rings is 1. The molecule has 1 rings (SSSR count). The van der Waals surface area contributed by atoms with E-state index in [0.717, 1.165) is 13.0 Å². The second-order valence-corrected chi connectivity index (χ2v) is 5.72. The van der Waals surface area contributed by atoms with Crippen LogP contribution in [0.15, 0.2) is 18.2 Å². The van der Waals surface area contributed by atoms with Crippen molar-refractivity contribution in [2.75, 3.05) is 6.54 Å². The Balaban J connectivity index is 2.69. The smallest absolute Gasteiger partial charge is 0.304 e. The van der Waals surface area contributed by atoms with E-state index < -0.39 is 5.97 Å². The van der Waals surface area contributed by atoms with Gasteiger partial charge in [0.25, 0.3) is 0 Å². The monoisotopic (exact) mass is 263 g/mol. The quantitative estimate of drug-likeness (QED) is 0.795. The van der Waals surface area contributed by atoms with Gasteiger partial charge in [-0.2, -0.15) is 0 Å². The van der Waals surface area contributed by atoms with E-state index in [2.05, 4.69) is 51.2 Å². The fourth-order valence-electron chi connectivity index (χ4n) is 2.04. The van der Waals surface area contributed by atoms with Gasteiger partial charge in [-0.05, 0) is 49.4 Å². The molecular formula is C16H25NO2. The third-order valence-electron chi connectivity index (χ3n) is 3.29. The van der Waals surface area contributed by atoms with Crippen LogP contribution in [0.25, 0.3) is 0 Å². The summed E-state index contributed by atoms with van der Waals surface area (Å²) in [5.41, 5.74) is 3.73. The first-order valence-electron chi connectivity index (χ1n) is 6.89. The predicted octanol–water partition coefficient (Wildman–Crippen LogP) is 2.93. The summed E-state index contributed by atoms with van der Waals surface area (Å²) in [5.74, 6) is -0.221. The molecule has 0 aromatic heterocycles. The van der Waals surface area contributed by atoms with Gasteiger partial charge in [0.15, 0.2) is 0 Å². The Bertz CT molecular complexity index is 427. The topological polar surface area (TPSA) is 49.3 Å². The van der Waals surface area contributed by atoms with Crippen LogP contribution in [0, 0.1) is 19.8 Å². The molecule has 0 heterocycles. The standard InChI is InChI=1S/C16H25NO2/c1-11(2)10-17-15(9-16(18)19)8-14-6-5-12(3)13(4)7-14/h5-7,11,15,17H,8-10H2,1-4H3,(H,18,19). The van der Waals surface area contributed by atoms with E-state index in [1.807, 2.05) is 0 Å². The van der Waals surface area contributed by atoms with E-state index >= 15 is 0 Å². The maximum absolute atomic E-state index is 10.9. The molecule has 0 aliphatic heterocycles. The fraction of sp³-hybridized carbons (Fsp3) is 0.562. The molecule has 3 nitrogen and oxygen atoms in total. The van der Waals surface area contributed by atoms with Gasteiger partial charge in [-0.1, -0.05) is 32.0 Å². The van der Waals surface area contributed by atoms with Gasteiger partial charge in [0.1, 0.15) is 0 Å². The lowest BCUT2D eigenvalue weighted by atomic mass is 9.99. The van der Waals surface area contributed by atoms with Gasteiger partial charge in [-0.15, -0.1) is 0 Å². The molecule has 0 saturated carbocycles. The van der Waals surface area contributed by atoms with Crippen molar-refractivity contribution in [3.8, 4) is 0 Å². The van der Waals surface area contributed by atoms with Crippen LogP contribution in [-0.4, -0.2) is 23.7 Å². The van der Waals surface area contributed by atoms with Gasteiger partial charge in [0.2, 0.25) is 0 Å². The minimum absolute atomic E-state index is 0.00186. The second kappa shape index (κ2) is 7.29. The number of aliphatic carboxylic acids is 1. The minimum Gasteiger partial charge on any atom is -0.481 e. The summed E-state index contributed by atoms with van der Waals surface area (Å²) in [6.45, 7) is 9.28.